The van der Waals surface area contributed by atoms with Gasteiger partial charge in [-0.25, -0.2) is 15.0 Å². The second-order valence-electron chi connectivity index (χ2n) is 4.78. The zero-order chi connectivity index (χ0) is 14.2. The summed E-state index contributed by atoms with van der Waals surface area (Å²) in [5.41, 5.74) is 1.09. The Bertz CT molecular complexity index is 495. The molecule has 1 atom stereocenters. The van der Waals surface area contributed by atoms with Crippen LogP contribution in [0.5, 0.6) is 0 Å². The molecule has 1 N–H and O–H groups in total. The Morgan fingerprint density at radius 2 is 1.95 bits per heavy atom. The predicted octanol–water partition coefficient (Wildman–Crippen LogP) is 1.76. The fourth-order valence-corrected chi connectivity index (χ4v) is 2.14. The molecule has 0 aliphatic rings. The lowest BCUT2D eigenvalue weighted by atomic mass is 10.1. The van der Waals surface area contributed by atoms with Gasteiger partial charge in [0.15, 0.2) is 0 Å². The zero-order valence-corrected chi connectivity index (χ0v) is 12.2. The van der Waals surface area contributed by atoms with Gasteiger partial charge in [0, 0.05) is 37.0 Å². The van der Waals surface area contributed by atoms with Crippen molar-refractivity contribution in [1.29, 1.82) is 0 Å². The number of aryl methyl sites for hydroxylation is 1. The molecule has 2 rings (SSSR count). The van der Waals surface area contributed by atoms with Crippen molar-refractivity contribution in [1.82, 2.24) is 30.0 Å². The maximum Gasteiger partial charge on any atom is 0.138 e. The van der Waals surface area contributed by atoms with Crippen LogP contribution in [0.3, 0.4) is 0 Å². The Hall–Kier alpha value is -1.82. The first-order chi connectivity index (χ1) is 9.85. The van der Waals surface area contributed by atoms with E-state index in [1.54, 1.807) is 12.7 Å². The second-order valence-corrected chi connectivity index (χ2v) is 4.78. The highest BCUT2D eigenvalue weighted by molar-refractivity contribution is 5.11. The summed E-state index contributed by atoms with van der Waals surface area (Å²) in [5, 5.41) is 7.81. The third-order valence-electron chi connectivity index (χ3n) is 3.14. The third kappa shape index (κ3) is 3.84. The minimum atomic E-state index is 0.177. The first kappa shape index (κ1) is 14.6. The van der Waals surface area contributed by atoms with Crippen LogP contribution in [0.15, 0.2) is 25.0 Å². The molecule has 0 bridgehead atoms. The molecule has 6 heteroatoms. The smallest absolute Gasteiger partial charge is 0.138 e. The van der Waals surface area contributed by atoms with E-state index in [1.165, 1.54) is 0 Å². The van der Waals surface area contributed by atoms with E-state index in [1.807, 2.05) is 17.1 Å². The molecule has 0 aliphatic carbocycles. The summed E-state index contributed by atoms with van der Waals surface area (Å²) in [6.07, 6.45) is 9.85. The van der Waals surface area contributed by atoms with Crippen LogP contribution in [0.1, 0.15) is 44.1 Å². The van der Waals surface area contributed by atoms with Crippen LogP contribution in [0.4, 0.5) is 0 Å². The largest absolute Gasteiger partial charge is 0.309 e. The topological polar surface area (TPSA) is 68.5 Å². The van der Waals surface area contributed by atoms with Gasteiger partial charge in [0.2, 0.25) is 0 Å². The molecule has 2 heterocycles. The van der Waals surface area contributed by atoms with Crippen molar-refractivity contribution in [3.63, 3.8) is 0 Å². The molecule has 20 heavy (non-hydrogen) atoms. The van der Waals surface area contributed by atoms with Gasteiger partial charge in [-0.05, 0) is 19.4 Å². The van der Waals surface area contributed by atoms with Crippen LogP contribution in [0, 0.1) is 0 Å². The number of rotatable bonds is 8. The maximum atomic E-state index is 4.38. The molecule has 0 saturated carbocycles. The van der Waals surface area contributed by atoms with Crippen LogP contribution in [-0.2, 0) is 13.0 Å². The number of nitrogens with one attached hydrogen (secondary N) is 1. The summed E-state index contributed by atoms with van der Waals surface area (Å²) in [6, 6.07) is 0.177. The van der Waals surface area contributed by atoms with Gasteiger partial charge in [0.05, 0.1) is 0 Å². The van der Waals surface area contributed by atoms with Gasteiger partial charge in [0.25, 0.3) is 0 Å². The summed E-state index contributed by atoms with van der Waals surface area (Å²) in [7, 11) is 0. The minimum Gasteiger partial charge on any atom is -0.309 e. The predicted molar refractivity (Wildman–Crippen MR) is 77.1 cm³/mol. The van der Waals surface area contributed by atoms with E-state index < -0.39 is 0 Å². The standard InChI is InChI=1S/C14H22N6/c1-3-5-17-13(12-8-15-10-16-9-12)7-14-18-11-19-20(14)6-4-2/h8-11,13,17H,3-7H2,1-2H3. The van der Waals surface area contributed by atoms with Crippen molar-refractivity contribution >= 4 is 0 Å². The Balaban J connectivity index is 2.13. The molecule has 2 aromatic rings. The molecule has 0 spiro atoms. The molecule has 0 amide bonds. The van der Waals surface area contributed by atoms with E-state index in [0.717, 1.165) is 43.7 Å². The quantitative estimate of drug-likeness (QED) is 0.794. The summed E-state index contributed by atoms with van der Waals surface area (Å²) in [5.74, 6) is 1.00. The maximum absolute atomic E-state index is 4.38. The van der Waals surface area contributed by atoms with Crippen molar-refractivity contribution in [2.45, 2.75) is 45.7 Å². The lowest BCUT2D eigenvalue weighted by Crippen LogP contribution is -2.25. The summed E-state index contributed by atoms with van der Waals surface area (Å²) >= 11 is 0. The lowest BCUT2D eigenvalue weighted by molar-refractivity contribution is 0.486. The summed E-state index contributed by atoms with van der Waals surface area (Å²) < 4.78 is 1.98. The van der Waals surface area contributed by atoms with Gasteiger partial charge in [-0.2, -0.15) is 5.10 Å². The normalized spacial score (nSPS) is 12.5. The molecule has 6 nitrogen and oxygen atoms in total. The van der Waals surface area contributed by atoms with Crippen LogP contribution in [-0.4, -0.2) is 31.3 Å². The third-order valence-corrected chi connectivity index (χ3v) is 3.14. The second kappa shape index (κ2) is 7.69. The van der Waals surface area contributed by atoms with E-state index in [2.05, 4.69) is 39.2 Å². The Kier molecular flexibility index (Phi) is 5.61. The zero-order valence-electron chi connectivity index (χ0n) is 12.2. The van der Waals surface area contributed by atoms with Gasteiger partial charge in [0.1, 0.15) is 18.5 Å². The van der Waals surface area contributed by atoms with E-state index in [9.17, 15) is 0 Å². The van der Waals surface area contributed by atoms with E-state index >= 15 is 0 Å². The molecule has 1 unspecified atom stereocenters. The van der Waals surface area contributed by atoms with Gasteiger partial charge in [-0.1, -0.05) is 13.8 Å². The average molecular weight is 274 g/mol. The molecule has 0 aliphatic heterocycles. The first-order valence-corrected chi connectivity index (χ1v) is 7.20. The summed E-state index contributed by atoms with van der Waals surface area (Å²) in [6.45, 7) is 6.16. The molecular formula is C14H22N6. The number of hydrogen-bond acceptors (Lipinski definition) is 5. The Labute approximate surface area is 119 Å². The molecular weight excluding hydrogens is 252 g/mol. The number of nitrogens with zero attached hydrogens (tertiary/aromatic N) is 5. The van der Waals surface area contributed by atoms with Gasteiger partial charge in [-0.15, -0.1) is 0 Å². The summed E-state index contributed by atoms with van der Waals surface area (Å²) in [4.78, 5) is 12.6. The Morgan fingerprint density at radius 1 is 1.15 bits per heavy atom. The fourth-order valence-electron chi connectivity index (χ4n) is 2.14. The van der Waals surface area contributed by atoms with Crippen molar-refractivity contribution in [3.8, 4) is 0 Å². The molecule has 0 radical (unpaired) electrons. The highest BCUT2D eigenvalue weighted by atomic mass is 15.3. The fraction of sp³-hybridized carbons (Fsp3) is 0.571. The number of aromatic nitrogens is 5. The van der Waals surface area contributed by atoms with E-state index in [4.69, 9.17) is 0 Å². The average Bonchev–Trinajstić information content (AvgIpc) is 2.92. The highest BCUT2D eigenvalue weighted by Gasteiger charge is 2.15. The molecule has 0 saturated heterocycles. The van der Waals surface area contributed by atoms with Gasteiger partial charge < -0.3 is 5.32 Å². The van der Waals surface area contributed by atoms with E-state index in [0.29, 0.717) is 0 Å². The van der Waals surface area contributed by atoms with Crippen molar-refractivity contribution in [3.05, 3.63) is 36.4 Å². The van der Waals surface area contributed by atoms with Crippen LogP contribution < -0.4 is 5.32 Å². The molecule has 108 valence electrons. The van der Waals surface area contributed by atoms with Crippen molar-refractivity contribution in [2.24, 2.45) is 0 Å². The molecule has 2 aromatic heterocycles. The first-order valence-electron chi connectivity index (χ1n) is 7.20. The van der Waals surface area contributed by atoms with Crippen molar-refractivity contribution < 1.29 is 0 Å². The van der Waals surface area contributed by atoms with E-state index in [-0.39, 0.29) is 6.04 Å². The number of hydrogen-bond donors (Lipinski definition) is 1. The lowest BCUT2D eigenvalue weighted by Gasteiger charge is -2.18. The highest BCUT2D eigenvalue weighted by Crippen LogP contribution is 2.16. The Morgan fingerprint density at radius 3 is 2.65 bits per heavy atom. The van der Waals surface area contributed by atoms with Gasteiger partial charge >= 0.3 is 0 Å². The minimum absolute atomic E-state index is 0.177. The van der Waals surface area contributed by atoms with Crippen molar-refractivity contribution in [2.75, 3.05) is 6.54 Å². The van der Waals surface area contributed by atoms with Gasteiger partial charge in [-0.3, -0.25) is 4.68 Å². The van der Waals surface area contributed by atoms with Crippen LogP contribution in [0.25, 0.3) is 0 Å². The van der Waals surface area contributed by atoms with Crippen LogP contribution in [0.2, 0.25) is 0 Å². The SMILES string of the molecule is CCCNC(Cc1ncnn1CCC)c1cncnc1. The monoisotopic (exact) mass is 274 g/mol. The molecule has 0 fully saturated rings. The molecule has 0 aromatic carbocycles. The van der Waals surface area contributed by atoms with Crippen LogP contribution >= 0.6 is 0 Å².